The fraction of sp³-hybridized carbons (Fsp3) is 0.278. The van der Waals surface area contributed by atoms with Crippen molar-refractivity contribution in [2.24, 2.45) is 0 Å². The maximum Gasteiger partial charge on any atom is 0.251 e. The van der Waals surface area contributed by atoms with Gasteiger partial charge >= 0.3 is 0 Å². The average Bonchev–Trinajstić information content (AvgIpc) is 2.55. The summed E-state index contributed by atoms with van der Waals surface area (Å²) in [6.45, 7) is 5.09. The Balaban J connectivity index is 1.96. The van der Waals surface area contributed by atoms with Crippen molar-refractivity contribution < 1.29 is 9.53 Å². The maximum absolute atomic E-state index is 12.2. The third-order valence-electron chi connectivity index (χ3n) is 3.43. The standard InChI is InChI=1S/C18H20ClNO2/c1-3-22-17-10-9-15(11-16(17)19)18(21)20-12-13(2)14-7-5-4-6-8-14/h4-11,13H,3,12H2,1-2H3,(H,20,21). The summed E-state index contributed by atoms with van der Waals surface area (Å²) in [6.07, 6.45) is 0. The molecule has 0 saturated carbocycles. The summed E-state index contributed by atoms with van der Waals surface area (Å²) in [5.74, 6) is 0.717. The minimum absolute atomic E-state index is 0.132. The van der Waals surface area contributed by atoms with E-state index >= 15 is 0 Å². The summed E-state index contributed by atoms with van der Waals surface area (Å²) < 4.78 is 5.36. The van der Waals surface area contributed by atoms with Crippen molar-refractivity contribution in [3.05, 3.63) is 64.7 Å². The molecule has 2 aromatic rings. The highest BCUT2D eigenvalue weighted by molar-refractivity contribution is 6.32. The van der Waals surface area contributed by atoms with Crippen LogP contribution in [-0.2, 0) is 0 Å². The Kier molecular flexibility index (Phi) is 5.84. The topological polar surface area (TPSA) is 38.3 Å². The van der Waals surface area contributed by atoms with Crippen molar-refractivity contribution in [3.63, 3.8) is 0 Å². The second kappa shape index (κ2) is 7.85. The van der Waals surface area contributed by atoms with E-state index in [4.69, 9.17) is 16.3 Å². The first-order valence-corrected chi connectivity index (χ1v) is 7.75. The van der Waals surface area contributed by atoms with Gasteiger partial charge in [0.1, 0.15) is 5.75 Å². The zero-order chi connectivity index (χ0) is 15.9. The lowest BCUT2D eigenvalue weighted by Crippen LogP contribution is -2.27. The Hall–Kier alpha value is -2.00. The van der Waals surface area contributed by atoms with Crippen LogP contribution in [0.25, 0.3) is 0 Å². The molecule has 0 aliphatic carbocycles. The summed E-state index contributed by atoms with van der Waals surface area (Å²) in [6, 6.07) is 15.2. The van der Waals surface area contributed by atoms with E-state index in [-0.39, 0.29) is 11.8 Å². The fourth-order valence-corrected chi connectivity index (χ4v) is 2.40. The van der Waals surface area contributed by atoms with Crippen molar-refractivity contribution in [2.45, 2.75) is 19.8 Å². The first-order valence-electron chi connectivity index (χ1n) is 7.37. The lowest BCUT2D eigenvalue weighted by Gasteiger charge is -2.13. The van der Waals surface area contributed by atoms with Crippen molar-refractivity contribution in [1.82, 2.24) is 5.32 Å². The Bertz CT molecular complexity index is 628. The molecule has 3 nitrogen and oxygen atoms in total. The quantitative estimate of drug-likeness (QED) is 0.864. The summed E-state index contributed by atoms with van der Waals surface area (Å²) in [4.78, 5) is 12.2. The Morgan fingerprint density at radius 3 is 2.59 bits per heavy atom. The van der Waals surface area contributed by atoms with Crippen LogP contribution in [0.4, 0.5) is 0 Å². The van der Waals surface area contributed by atoms with Gasteiger partial charge in [-0.05, 0) is 36.6 Å². The summed E-state index contributed by atoms with van der Waals surface area (Å²) >= 11 is 6.11. The number of benzene rings is 2. The van der Waals surface area contributed by atoms with E-state index in [2.05, 4.69) is 24.4 Å². The largest absolute Gasteiger partial charge is 0.492 e. The molecule has 0 radical (unpaired) electrons. The Morgan fingerprint density at radius 1 is 1.23 bits per heavy atom. The van der Waals surface area contributed by atoms with Gasteiger partial charge in [0.2, 0.25) is 0 Å². The average molecular weight is 318 g/mol. The Labute approximate surface area is 136 Å². The molecule has 1 unspecified atom stereocenters. The van der Waals surface area contributed by atoms with Gasteiger partial charge in [-0.15, -0.1) is 0 Å². The molecule has 2 aromatic carbocycles. The molecule has 0 fully saturated rings. The molecule has 0 aliphatic heterocycles. The van der Waals surface area contributed by atoms with Gasteiger partial charge in [-0.3, -0.25) is 4.79 Å². The van der Waals surface area contributed by atoms with Crippen molar-refractivity contribution in [2.75, 3.05) is 13.2 Å². The predicted molar refractivity (Wildman–Crippen MR) is 89.8 cm³/mol. The number of amides is 1. The van der Waals surface area contributed by atoms with Gasteiger partial charge < -0.3 is 10.1 Å². The molecular weight excluding hydrogens is 298 g/mol. The van der Waals surface area contributed by atoms with Gasteiger partial charge in [-0.1, -0.05) is 48.9 Å². The molecule has 0 bridgehead atoms. The molecule has 0 aromatic heterocycles. The SMILES string of the molecule is CCOc1ccc(C(=O)NCC(C)c2ccccc2)cc1Cl. The second-order valence-electron chi connectivity index (χ2n) is 5.10. The molecule has 0 heterocycles. The number of hydrogen-bond donors (Lipinski definition) is 1. The van der Waals surface area contributed by atoms with E-state index in [1.54, 1.807) is 18.2 Å². The fourth-order valence-electron chi connectivity index (χ4n) is 2.16. The third kappa shape index (κ3) is 4.25. The zero-order valence-corrected chi connectivity index (χ0v) is 13.6. The number of rotatable bonds is 6. The molecule has 0 aliphatic rings. The molecule has 0 spiro atoms. The smallest absolute Gasteiger partial charge is 0.251 e. The number of nitrogens with one attached hydrogen (secondary N) is 1. The lowest BCUT2D eigenvalue weighted by atomic mass is 10.0. The second-order valence-corrected chi connectivity index (χ2v) is 5.51. The first kappa shape index (κ1) is 16.4. The van der Waals surface area contributed by atoms with Crippen LogP contribution in [-0.4, -0.2) is 19.1 Å². The van der Waals surface area contributed by atoms with Crippen LogP contribution >= 0.6 is 11.6 Å². The lowest BCUT2D eigenvalue weighted by molar-refractivity contribution is 0.0951. The summed E-state index contributed by atoms with van der Waals surface area (Å²) in [5, 5.41) is 3.39. The van der Waals surface area contributed by atoms with E-state index in [0.29, 0.717) is 29.5 Å². The summed E-state index contributed by atoms with van der Waals surface area (Å²) in [7, 11) is 0. The van der Waals surface area contributed by atoms with Crippen LogP contribution < -0.4 is 10.1 Å². The number of hydrogen-bond acceptors (Lipinski definition) is 2. The van der Waals surface area contributed by atoms with Crippen molar-refractivity contribution in [3.8, 4) is 5.75 Å². The van der Waals surface area contributed by atoms with Gasteiger partial charge in [0, 0.05) is 12.1 Å². The minimum Gasteiger partial charge on any atom is -0.492 e. The molecular formula is C18H20ClNO2. The Morgan fingerprint density at radius 2 is 1.95 bits per heavy atom. The highest BCUT2D eigenvalue weighted by Gasteiger charge is 2.11. The third-order valence-corrected chi connectivity index (χ3v) is 3.73. The highest BCUT2D eigenvalue weighted by Crippen LogP contribution is 2.25. The maximum atomic E-state index is 12.2. The molecule has 22 heavy (non-hydrogen) atoms. The molecule has 1 N–H and O–H groups in total. The summed E-state index contributed by atoms with van der Waals surface area (Å²) in [5.41, 5.74) is 1.74. The number of ether oxygens (including phenoxy) is 1. The van der Waals surface area contributed by atoms with Gasteiger partial charge in [0.25, 0.3) is 5.91 Å². The zero-order valence-electron chi connectivity index (χ0n) is 12.8. The highest BCUT2D eigenvalue weighted by atomic mass is 35.5. The van der Waals surface area contributed by atoms with Crippen molar-refractivity contribution >= 4 is 17.5 Å². The van der Waals surface area contributed by atoms with Crippen molar-refractivity contribution in [1.29, 1.82) is 0 Å². The van der Waals surface area contributed by atoms with Crippen LogP contribution in [0.5, 0.6) is 5.75 Å². The predicted octanol–water partition coefficient (Wildman–Crippen LogP) is 4.27. The van der Waals surface area contributed by atoms with E-state index < -0.39 is 0 Å². The minimum atomic E-state index is -0.132. The molecule has 1 amide bonds. The van der Waals surface area contributed by atoms with Crippen LogP contribution in [0.1, 0.15) is 35.7 Å². The molecule has 2 rings (SSSR count). The van der Waals surface area contributed by atoms with Crippen LogP contribution in [0, 0.1) is 0 Å². The van der Waals surface area contributed by atoms with E-state index in [1.165, 1.54) is 5.56 Å². The van der Waals surface area contributed by atoms with Gasteiger partial charge in [-0.2, -0.15) is 0 Å². The molecule has 0 saturated heterocycles. The van der Waals surface area contributed by atoms with Gasteiger partial charge in [-0.25, -0.2) is 0 Å². The van der Waals surface area contributed by atoms with Crippen LogP contribution in [0.3, 0.4) is 0 Å². The van der Waals surface area contributed by atoms with E-state index in [9.17, 15) is 4.79 Å². The van der Waals surface area contributed by atoms with E-state index in [0.717, 1.165) is 0 Å². The van der Waals surface area contributed by atoms with E-state index in [1.807, 2.05) is 25.1 Å². The van der Waals surface area contributed by atoms with Crippen LogP contribution in [0.15, 0.2) is 48.5 Å². The number of carbonyl (C=O) groups excluding carboxylic acids is 1. The normalized spacial score (nSPS) is 11.8. The molecule has 116 valence electrons. The number of carbonyl (C=O) groups is 1. The molecule has 4 heteroatoms. The first-order chi connectivity index (χ1) is 10.6. The van der Waals surface area contributed by atoms with Gasteiger partial charge in [0.15, 0.2) is 0 Å². The monoisotopic (exact) mass is 317 g/mol. The molecule has 1 atom stereocenters. The number of halogens is 1. The van der Waals surface area contributed by atoms with Crippen LogP contribution in [0.2, 0.25) is 5.02 Å². The van der Waals surface area contributed by atoms with Gasteiger partial charge in [0.05, 0.1) is 11.6 Å².